The van der Waals surface area contributed by atoms with Gasteiger partial charge in [0, 0.05) is 24.3 Å². The van der Waals surface area contributed by atoms with Crippen molar-refractivity contribution in [1.82, 2.24) is 0 Å². The van der Waals surface area contributed by atoms with Crippen molar-refractivity contribution in [1.29, 1.82) is 0 Å². The molecule has 0 atom stereocenters. The first-order valence-electron chi connectivity index (χ1n) is 10.7. The van der Waals surface area contributed by atoms with E-state index in [1.165, 1.54) is 0 Å². The summed E-state index contributed by atoms with van der Waals surface area (Å²) in [4.78, 5) is 0. The van der Waals surface area contributed by atoms with Crippen LogP contribution in [0.25, 0.3) is 11.5 Å². The SMILES string of the molecule is C=C(OCCCCO)c1ccccc1.C=C(OCCCCOCCO)c1ccccc1. The second kappa shape index (κ2) is 18.2. The van der Waals surface area contributed by atoms with Crippen LogP contribution in [0, 0.1) is 0 Å². The highest BCUT2D eigenvalue weighted by Gasteiger charge is 1.99. The van der Waals surface area contributed by atoms with Gasteiger partial charge >= 0.3 is 0 Å². The molecule has 0 amide bonds. The summed E-state index contributed by atoms with van der Waals surface area (Å²) in [6.45, 7) is 10.4. The van der Waals surface area contributed by atoms with Crippen LogP contribution in [0.2, 0.25) is 0 Å². The van der Waals surface area contributed by atoms with Gasteiger partial charge in [-0.05, 0) is 25.7 Å². The molecule has 0 aromatic heterocycles. The van der Waals surface area contributed by atoms with E-state index in [1.807, 2.05) is 60.7 Å². The fourth-order valence-corrected chi connectivity index (χ4v) is 2.49. The molecule has 2 rings (SSSR count). The molecular formula is C26H36O5. The van der Waals surface area contributed by atoms with Gasteiger partial charge in [0.1, 0.15) is 11.5 Å². The Balaban J connectivity index is 0.000000316. The predicted molar refractivity (Wildman–Crippen MR) is 126 cm³/mol. The van der Waals surface area contributed by atoms with Crippen molar-refractivity contribution < 1.29 is 24.4 Å². The van der Waals surface area contributed by atoms with Gasteiger partial charge in [-0.2, -0.15) is 0 Å². The van der Waals surface area contributed by atoms with Crippen LogP contribution in [0.3, 0.4) is 0 Å². The molecule has 0 unspecified atom stereocenters. The summed E-state index contributed by atoms with van der Waals surface area (Å²) >= 11 is 0. The fraction of sp³-hybridized carbons (Fsp3) is 0.385. The lowest BCUT2D eigenvalue weighted by molar-refractivity contribution is 0.0871. The van der Waals surface area contributed by atoms with Gasteiger partial charge in [0.15, 0.2) is 0 Å². The molecule has 2 aromatic carbocycles. The molecule has 0 saturated carbocycles. The first kappa shape index (κ1) is 26.4. The number of hydrogen-bond acceptors (Lipinski definition) is 5. The fourth-order valence-electron chi connectivity index (χ4n) is 2.49. The van der Waals surface area contributed by atoms with Crippen molar-refractivity contribution in [3.63, 3.8) is 0 Å². The minimum Gasteiger partial charge on any atom is -0.494 e. The zero-order chi connectivity index (χ0) is 22.6. The van der Waals surface area contributed by atoms with Crippen molar-refractivity contribution in [2.75, 3.05) is 39.6 Å². The molecule has 0 aliphatic heterocycles. The van der Waals surface area contributed by atoms with Crippen molar-refractivity contribution in [2.24, 2.45) is 0 Å². The molecule has 170 valence electrons. The normalized spacial score (nSPS) is 10.0. The Kier molecular flexibility index (Phi) is 15.5. The third-order valence-corrected chi connectivity index (χ3v) is 4.22. The van der Waals surface area contributed by atoms with Crippen LogP contribution in [0.5, 0.6) is 0 Å². The Labute approximate surface area is 186 Å². The molecule has 5 heteroatoms. The Hall–Kier alpha value is -2.60. The van der Waals surface area contributed by atoms with Crippen LogP contribution in [0.15, 0.2) is 73.8 Å². The number of aliphatic hydroxyl groups excluding tert-OH is 2. The predicted octanol–water partition coefficient (Wildman–Crippen LogP) is 4.91. The van der Waals surface area contributed by atoms with Gasteiger partial charge in [-0.15, -0.1) is 0 Å². The van der Waals surface area contributed by atoms with Gasteiger partial charge in [0.05, 0.1) is 26.4 Å². The molecule has 0 fully saturated rings. The lowest BCUT2D eigenvalue weighted by Crippen LogP contribution is -2.02. The topological polar surface area (TPSA) is 68.2 Å². The standard InChI is InChI=1S/C14H20O3.C12H16O2/c1-13(14-7-3-2-4-8-14)17-11-6-5-10-16-12-9-15;1-11(14-10-6-5-9-13)12-7-3-2-4-8-12/h2-4,7-8,15H,1,5-6,9-12H2;2-4,7-8,13H,1,5-6,9-10H2. The van der Waals surface area contributed by atoms with Crippen LogP contribution in [-0.2, 0) is 14.2 Å². The first-order chi connectivity index (χ1) is 15.2. The van der Waals surface area contributed by atoms with Crippen molar-refractivity contribution in [3.8, 4) is 0 Å². The zero-order valence-corrected chi connectivity index (χ0v) is 18.4. The van der Waals surface area contributed by atoms with E-state index in [-0.39, 0.29) is 13.2 Å². The largest absolute Gasteiger partial charge is 0.494 e. The molecule has 0 radical (unpaired) electrons. The number of benzene rings is 2. The van der Waals surface area contributed by atoms with E-state index in [0.717, 1.165) is 36.8 Å². The maximum Gasteiger partial charge on any atom is 0.119 e. The van der Waals surface area contributed by atoms with E-state index in [2.05, 4.69) is 13.2 Å². The van der Waals surface area contributed by atoms with E-state index >= 15 is 0 Å². The molecule has 0 bridgehead atoms. The van der Waals surface area contributed by atoms with E-state index in [4.69, 9.17) is 24.4 Å². The summed E-state index contributed by atoms with van der Waals surface area (Å²) in [6, 6.07) is 19.7. The van der Waals surface area contributed by atoms with E-state index in [1.54, 1.807) is 0 Å². The van der Waals surface area contributed by atoms with Gasteiger partial charge < -0.3 is 24.4 Å². The number of unbranched alkanes of at least 4 members (excludes halogenated alkanes) is 2. The summed E-state index contributed by atoms with van der Waals surface area (Å²) in [5, 5.41) is 17.1. The van der Waals surface area contributed by atoms with Crippen molar-refractivity contribution >= 4 is 11.5 Å². The molecule has 0 heterocycles. The maximum atomic E-state index is 8.57. The zero-order valence-electron chi connectivity index (χ0n) is 18.4. The molecule has 2 N–H and O–H groups in total. The second-order valence-corrected chi connectivity index (χ2v) is 6.75. The summed E-state index contributed by atoms with van der Waals surface area (Å²) in [5.41, 5.74) is 2.03. The lowest BCUT2D eigenvalue weighted by atomic mass is 10.2. The molecule has 0 saturated heterocycles. The highest BCUT2D eigenvalue weighted by Crippen LogP contribution is 2.14. The van der Waals surface area contributed by atoms with Crippen LogP contribution in [0.1, 0.15) is 36.8 Å². The number of ether oxygens (including phenoxy) is 3. The van der Waals surface area contributed by atoms with Crippen LogP contribution in [-0.4, -0.2) is 49.9 Å². The van der Waals surface area contributed by atoms with Gasteiger partial charge in [-0.25, -0.2) is 0 Å². The van der Waals surface area contributed by atoms with E-state index < -0.39 is 0 Å². The molecule has 5 nitrogen and oxygen atoms in total. The number of rotatable bonds is 15. The van der Waals surface area contributed by atoms with Gasteiger partial charge in [-0.3, -0.25) is 0 Å². The third kappa shape index (κ3) is 13.3. The Morgan fingerprint density at radius 2 is 1.03 bits per heavy atom. The van der Waals surface area contributed by atoms with Crippen molar-refractivity contribution in [2.45, 2.75) is 25.7 Å². The molecule has 0 spiro atoms. The maximum absolute atomic E-state index is 8.57. The monoisotopic (exact) mass is 428 g/mol. The minimum atomic E-state index is 0.0846. The molecule has 2 aromatic rings. The van der Waals surface area contributed by atoms with Crippen LogP contribution in [0.4, 0.5) is 0 Å². The first-order valence-corrected chi connectivity index (χ1v) is 10.7. The van der Waals surface area contributed by atoms with Crippen LogP contribution < -0.4 is 0 Å². The quantitative estimate of drug-likeness (QED) is 0.312. The lowest BCUT2D eigenvalue weighted by Gasteiger charge is -2.09. The van der Waals surface area contributed by atoms with E-state index in [9.17, 15) is 0 Å². The highest BCUT2D eigenvalue weighted by atomic mass is 16.5. The highest BCUT2D eigenvalue weighted by molar-refractivity contribution is 5.57. The number of aliphatic hydroxyl groups is 2. The van der Waals surface area contributed by atoms with Gasteiger partial charge in [-0.1, -0.05) is 73.8 Å². The Morgan fingerprint density at radius 3 is 1.48 bits per heavy atom. The molecule has 31 heavy (non-hydrogen) atoms. The van der Waals surface area contributed by atoms with Gasteiger partial charge in [0.25, 0.3) is 0 Å². The molecule has 0 aliphatic rings. The third-order valence-electron chi connectivity index (χ3n) is 4.22. The Bertz CT molecular complexity index is 700. The molecule has 0 aliphatic carbocycles. The van der Waals surface area contributed by atoms with Crippen LogP contribution >= 0.6 is 0 Å². The summed E-state index contributed by atoms with van der Waals surface area (Å²) in [5.74, 6) is 1.41. The smallest absolute Gasteiger partial charge is 0.119 e. The summed E-state index contributed by atoms with van der Waals surface area (Å²) < 4.78 is 16.1. The molecular weight excluding hydrogens is 392 g/mol. The minimum absolute atomic E-state index is 0.0846. The van der Waals surface area contributed by atoms with Gasteiger partial charge in [0.2, 0.25) is 0 Å². The average Bonchev–Trinajstić information content (AvgIpc) is 2.82. The second-order valence-electron chi connectivity index (χ2n) is 6.75. The summed E-state index contributed by atoms with van der Waals surface area (Å²) in [6.07, 6.45) is 3.50. The van der Waals surface area contributed by atoms with E-state index in [0.29, 0.717) is 37.9 Å². The number of hydrogen-bond donors (Lipinski definition) is 2. The Morgan fingerprint density at radius 1 is 0.581 bits per heavy atom. The summed E-state index contributed by atoms with van der Waals surface area (Å²) in [7, 11) is 0. The average molecular weight is 429 g/mol. The van der Waals surface area contributed by atoms with Crippen molar-refractivity contribution in [3.05, 3.63) is 84.9 Å².